The molecule has 3 aromatic heterocycles. The highest BCUT2D eigenvalue weighted by atomic mass is 35.5. The van der Waals surface area contributed by atoms with Crippen molar-refractivity contribution < 1.29 is 9.18 Å². The van der Waals surface area contributed by atoms with Gasteiger partial charge in [-0.1, -0.05) is 11.6 Å². The lowest BCUT2D eigenvalue weighted by Crippen LogP contribution is -2.19. The minimum absolute atomic E-state index is 0.0131. The van der Waals surface area contributed by atoms with Crippen molar-refractivity contribution in [3.8, 4) is 11.4 Å². The van der Waals surface area contributed by atoms with Crippen LogP contribution in [0.15, 0.2) is 79.3 Å². The molecule has 0 aliphatic carbocycles. The van der Waals surface area contributed by atoms with Crippen molar-refractivity contribution >= 4 is 45.9 Å². The third-order valence-corrected chi connectivity index (χ3v) is 5.50. The number of imidazole rings is 1. The summed E-state index contributed by atoms with van der Waals surface area (Å²) in [6.07, 6.45) is 5.21. The monoisotopic (exact) mass is 487 g/mol. The summed E-state index contributed by atoms with van der Waals surface area (Å²) < 4.78 is 13.6. The van der Waals surface area contributed by atoms with E-state index in [0.717, 1.165) is 28.2 Å². The van der Waals surface area contributed by atoms with Gasteiger partial charge in [-0.3, -0.25) is 4.98 Å². The molecule has 4 N–H and O–H groups in total. The fraction of sp³-hybridized carbons (Fsp3) is 0.0400. The number of halogens is 2. The zero-order chi connectivity index (χ0) is 24.2. The number of nitrogens with one attached hydrogen (secondary N) is 4. The van der Waals surface area contributed by atoms with Crippen LogP contribution in [0.4, 0.5) is 26.4 Å². The molecule has 3 heterocycles. The van der Waals surface area contributed by atoms with E-state index in [1.54, 1.807) is 36.8 Å². The first-order valence-corrected chi connectivity index (χ1v) is 11.0. The van der Waals surface area contributed by atoms with E-state index in [0.29, 0.717) is 23.9 Å². The summed E-state index contributed by atoms with van der Waals surface area (Å²) in [6.45, 7) is 0.591. The minimum atomic E-state index is -0.610. The van der Waals surface area contributed by atoms with Gasteiger partial charge < -0.3 is 20.9 Å². The van der Waals surface area contributed by atoms with Gasteiger partial charge in [0, 0.05) is 36.5 Å². The average Bonchev–Trinajstić information content (AvgIpc) is 3.29. The van der Waals surface area contributed by atoms with Crippen molar-refractivity contribution in [1.82, 2.24) is 19.9 Å². The van der Waals surface area contributed by atoms with Crippen LogP contribution in [-0.4, -0.2) is 26.0 Å². The van der Waals surface area contributed by atoms with Gasteiger partial charge in [-0.2, -0.15) is 0 Å². The summed E-state index contributed by atoms with van der Waals surface area (Å²) in [5.41, 5.74) is 4.19. The van der Waals surface area contributed by atoms with E-state index in [1.165, 1.54) is 12.1 Å². The molecule has 174 valence electrons. The highest BCUT2D eigenvalue weighted by molar-refractivity contribution is 6.30. The SMILES string of the molecule is O=C(Nc1ccc(Cl)c(F)c1)Nc1ccc2nc(-c3cccnc3NCc3ccncc3)[nH]c2c1. The van der Waals surface area contributed by atoms with E-state index in [4.69, 9.17) is 11.6 Å². The number of pyridine rings is 2. The molecule has 0 saturated carbocycles. The number of hydrogen-bond acceptors (Lipinski definition) is 5. The Morgan fingerprint density at radius 1 is 0.971 bits per heavy atom. The Balaban J connectivity index is 1.33. The molecule has 35 heavy (non-hydrogen) atoms. The number of aromatic amines is 1. The largest absolute Gasteiger partial charge is 0.365 e. The van der Waals surface area contributed by atoms with Crippen LogP contribution in [0.5, 0.6) is 0 Å². The molecule has 0 atom stereocenters. The first kappa shape index (κ1) is 22.3. The lowest BCUT2D eigenvalue weighted by molar-refractivity contribution is 0.262. The van der Waals surface area contributed by atoms with Gasteiger partial charge in [0.1, 0.15) is 17.5 Å². The molecular weight excluding hydrogens is 469 g/mol. The number of benzene rings is 2. The molecule has 0 saturated heterocycles. The van der Waals surface area contributed by atoms with Crippen LogP contribution in [0.3, 0.4) is 0 Å². The second-order valence-corrected chi connectivity index (χ2v) is 8.04. The zero-order valence-electron chi connectivity index (χ0n) is 18.2. The third kappa shape index (κ3) is 5.20. The maximum absolute atomic E-state index is 13.6. The number of nitrogens with zero attached hydrogens (tertiary/aromatic N) is 3. The summed E-state index contributed by atoms with van der Waals surface area (Å²) in [5.74, 6) is 0.723. The standard InChI is InChI=1S/C25H19ClFN7O/c26-19-5-3-16(12-20(19)27)31-25(35)32-17-4-6-21-22(13-17)34-24(33-21)18-2-1-9-29-23(18)30-14-15-7-10-28-11-8-15/h1-13H,14H2,(H,29,30)(H,33,34)(H2,31,32,35). The number of fused-ring (bicyclic) bond motifs is 1. The fourth-order valence-corrected chi connectivity index (χ4v) is 3.62. The number of rotatable bonds is 6. The van der Waals surface area contributed by atoms with Gasteiger partial charge in [-0.25, -0.2) is 19.2 Å². The maximum atomic E-state index is 13.6. The van der Waals surface area contributed by atoms with Crippen molar-refractivity contribution in [3.63, 3.8) is 0 Å². The van der Waals surface area contributed by atoms with E-state index >= 15 is 0 Å². The summed E-state index contributed by atoms with van der Waals surface area (Å²) in [6, 6.07) is 16.5. The van der Waals surface area contributed by atoms with Gasteiger partial charge >= 0.3 is 6.03 Å². The summed E-state index contributed by atoms with van der Waals surface area (Å²) in [4.78, 5) is 28.8. The molecule has 2 aromatic carbocycles. The Morgan fingerprint density at radius 2 is 1.74 bits per heavy atom. The Kier molecular flexibility index (Phi) is 6.23. The molecule has 8 nitrogen and oxygen atoms in total. The normalized spacial score (nSPS) is 10.8. The van der Waals surface area contributed by atoms with E-state index in [9.17, 15) is 9.18 Å². The number of urea groups is 1. The second kappa shape index (κ2) is 9.78. The number of anilines is 3. The molecule has 5 aromatic rings. The van der Waals surface area contributed by atoms with Crippen molar-refractivity contribution in [2.24, 2.45) is 0 Å². The first-order chi connectivity index (χ1) is 17.0. The molecule has 0 aliphatic heterocycles. The Hall–Kier alpha value is -4.50. The van der Waals surface area contributed by atoms with E-state index < -0.39 is 11.8 Å². The minimum Gasteiger partial charge on any atom is -0.365 e. The molecule has 5 rings (SSSR count). The predicted octanol–water partition coefficient (Wildman–Crippen LogP) is 6.07. The van der Waals surface area contributed by atoms with Crippen molar-refractivity contribution in [1.29, 1.82) is 0 Å². The highest BCUT2D eigenvalue weighted by Crippen LogP contribution is 2.27. The van der Waals surface area contributed by atoms with Crippen LogP contribution in [0, 0.1) is 5.82 Å². The first-order valence-electron chi connectivity index (χ1n) is 10.7. The van der Waals surface area contributed by atoms with Gasteiger partial charge in [0.25, 0.3) is 0 Å². The average molecular weight is 488 g/mol. The molecule has 0 aliphatic rings. The van der Waals surface area contributed by atoms with Gasteiger partial charge in [0.05, 0.1) is 21.6 Å². The summed E-state index contributed by atoms with van der Waals surface area (Å²) in [5, 5.41) is 8.64. The van der Waals surface area contributed by atoms with Crippen LogP contribution in [0.1, 0.15) is 5.56 Å². The fourth-order valence-electron chi connectivity index (χ4n) is 3.51. The number of carbonyl (C=O) groups is 1. The molecule has 0 fully saturated rings. The van der Waals surface area contributed by atoms with E-state index in [1.807, 2.05) is 24.3 Å². The molecular formula is C25H19ClFN7O. The molecule has 10 heteroatoms. The lowest BCUT2D eigenvalue weighted by Gasteiger charge is -2.09. The molecule has 2 amide bonds. The van der Waals surface area contributed by atoms with Crippen LogP contribution < -0.4 is 16.0 Å². The predicted molar refractivity (Wildman–Crippen MR) is 135 cm³/mol. The topological polar surface area (TPSA) is 108 Å². The number of carbonyl (C=O) groups excluding carboxylic acids is 1. The summed E-state index contributed by atoms with van der Waals surface area (Å²) in [7, 11) is 0. The Bertz CT molecular complexity index is 1510. The smallest absolute Gasteiger partial charge is 0.323 e. The van der Waals surface area contributed by atoms with Crippen molar-refractivity contribution in [2.75, 3.05) is 16.0 Å². The number of aromatic nitrogens is 4. The van der Waals surface area contributed by atoms with Gasteiger partial charge in [0.2, 0.25) is 0 Å². The third-order valence-electron chi connectivity index (χ3n) is 5.19. The molecule has 0 bridgehead atoms. The lowest BCUT2D eigenvalue weighted by atomic mass is 10.2. The number of hydrogen-bond donors (Lipinski definition) is 4. The number of amides is 2. The Labute approximate surface area is 204 Å². The molecule has 0 unspecified atom stereocenters. The summed E-state index contributed by atoms with van der Waals surface area (Å²) >= 11 is 5.68. The van der Waals surface area contributed by atoms with Gasteiger partial charge in [-0.15, -0.1) is 0 Å². The van der Waals surface area contributed by atoms with Crippen LogP contribution in [0.2, 0.25) is 5.02 Å². The van der Waals surface area contributed by atoms with Gasteiger partial charge in [-0.05, 0) is 66.2 Å². The maximum Gasteiger partial charge on any atom is 0.323 e. The quantitative estimate of drug-likeness (QED) is 0.232. The Morgan fingerprint density at radius 3 is 2.54 bits per heavy atom. The number of H-pyrrole nitrogens is 1. The highest BCUT2D eigenvalue weighted by Gasteiger charge is 2.12. The van der Waals surface area contributed by atoms with Crippen molar-refractivity contribution in [3.05, 3.63) is 95.7 Å². The second-order valence-electron chi connectivity index (χ2n) is 7.63. The zero-order valence-corrected chi connectivity index (χ0v) is 19.0. The van der Waals surface area contributed by atoms with Crippen LogP contribution in [-0.2, 0) is 6.54 Å². The molecule has 0 spiro atoms. The molecule has 0 radical (unpaired) electrons. The van der Waals surface area contributed by atoms with Crippen molar-refractivity contribution in [2.45, 2.75) is 6.54 Å². The van der Waals surface area contributed by atoms with Crippen LogP contribution >= 0.6 is 11.6 Å². The van der Waals surface area contributed by atoms with Crippen LogP contribution in [0.25, 0.3) is 22.4 Å². The van der Waals surface area contributed by atoms with Gasteiger partial charge in [0.15, 0.2) is 0 Å². The van der Waals surface area contributed by atoms with E-state index in [2.05, 4.69) is 35.9 Å². The van der Waals surface area contributed by atoms with E-state index in [-0.39, 0.29) is 10.7 Å².